The Kier molecular flexibility index (Phi) is 5.89. The van der Waals surface area contributed by atoms with E-state index >= 15 is 0 Å². The molecule has 0 spiro atoms. The third-order valence-electron chi connectivity index (χ3n) is 4.69. The second-order valence-electron chi connectivity index (χ2n) is 7.50. The Morgan fingerprint density at radius 2 is 1.96 bits per heavy atom. The molecule has 0 bridgehead atoms. The van der Waals surface area contributed by atoms with E-state index in [4.69, 9.17) is 14.2 Å². The van der Waals surface area contributed by atoms with Crippen LogP contribution >= 0.6 is 0 Å². The van der Waals surface area contributed by atoms with E-state index in [2.05, 4.69) is 19.2 Å². The second-order valence-corrected chi connectivity index (χ2v) is 7.50. The minimum Gasteiger partial charge on any atom is -0.494 e. The van der Waals surface area contributed by atoms with Crippen LogP contribution in [0.1, 0.15) is 37.8 Å². The average molecular weight is 369 g/mol. The van der Waals surface area contributed by atoms with Crippen molar-refractivity contribution < 1.29 is 19.0 Å². The lowest BCUT2D eigenvalue weighted by Crippen LogP contribution is -2.36. The first kappa shape index (κ1) is 19.1. The predicted molar refractivity (Wildman–Crippen MR) is 105 cm³/mol. The van der Waals surface area contributed by atoms with Crippen molar-refractivity contribution in [2.75, 3.05) is 19.9 Å². The minimum atomic E-state index is -0.200. The van der Waals surface area contributed by atoms with E-state index in [9.17, 15) is 4.79 Å². The molecule has 0 atom stereocenters. The molecule has 0 saturated carbocycles. The molecule has 0 fully saturated rings. The summed E-state index contributed by atoms with van der Waals surface area (Å²) in [5.41, 5.74) is 2.07. The van der Waals surface area contributed by atoms with Gasteiger partial charge in [-0.1, -0.05) is 32.0 Å². The van der Waals surface area contributed by atoms with Gasteiger partial charge in [0.25, 0.3) is 0 Å². The third-order valence-corrected chi connectivity index (χ3v) is 4.69. The van der Waals surface area contributed by atoms with Gasteiger partial charge in [0.05, 0.1) is 6.61 Å². The standard InChI is InChI=1S/C22H27NO4/c1-16-6-4-7-18(12-16)25-11-5-8-21(24)23-14-22(2,3)17-9-10-19-20(13-17)27-15-26-19/h4,6-7,9-10,12-13H,5,8,11,14-15H2,1-3H3,(H,23,24). The Balaban J connectivity index is 1.41. The van der Waals surface area contributed by atoms with Crippen LogP contribution in [0, 0.1) is 6.92 Å². The third kappa shape index (κ3) is 5.16. The normalized spacial score (nSPS) is 12.7. The molecule has 0 unspecified atom stereocenters. The Morgan fingerprint density at radius 1 is 1.15 bits per heavy atom. The maximum Gasteiger partial charge on any atom is 0.231 e. The van der Waals surface area contributed by atoms with Gasteiger partial charge >= 0.3 is 0 Å². The Hall–Kier alpha value is -2.69. The van der Waals surface area contributed by atoms with Crippen molar-refractivity contribution in [1.29, 1.82) is 0 Å². The molecular weight excluding hydrogens is 342 g/mol. The highest BCUT2D eigenvalue weighted by Gasteiger charge is 2.24. The fourth-order valence-corrected chi connectivity index (χ4v) is 2.96. The van der Waals surface area contributed by atoms with Crippen molar-refractivity contribution in [3.05, 3.63) is 53.6 Å². The lowest BCUT2D eigenvalue weighted by molar-refractivity contribution is -0.121. The van der Waals surface area contributed by atoms with Gasteiger partial charge < -0.3 is 19.5 Å². The zero-order valence-electron chi connectivity index (χ0n) is 16.2. The van der Waals surface area contributed by atoms with Gasteiger partial charge in [0, 0.05) is 18.4 Å². The number of carbonyl (C=O) groups excluding carboxylic acids is 1. The van der Waals surface area contributed by atoms with Crippen LogP contribution in [0.5, 0.6) is 17.2 Å². The first-order valence-corrected chi connectivity index (χ1v) is 9.30. The molecule has 5 nitrogen and oxygen atoms in total. The van der Waals surface area contributed by atoms with Crippen molar-refractivity contribution >= 4 is 5.91 Å². The molecule has 0 aromatic heterocycles. The van der Waals surface area contributed by atoms with Gasteiger partial charge in [-0.25, -0.2) is 0 Å². The highest BCUT2D eigenvalue weighted by molar-refractivity contribution is 5.76. The summed E-state index contributed by atoms with van der Waals surface area (Å²) >= 11 is 0. The zero-order chi connectivity index (χ0) is 19.3. The number of aryl methyl sites for hydroxylation is 1. The van der Waals surface area contributed by atoms with Crippen LogP contribution in [0.4, 0.5) is 0 Å². The molecule has 1 N–H and O–H groups in total. The average Bonchev–Trinajstić information content (AvgIpc) is 3.11. The molecule has 1 heterocycles. The van der Waals surface area contributed by atoms with Crippen molar-refractivity contribution in [1.82, 2.24) is 5.32 Å². The fourth-order valence-electron chi connectivity index (χ4n) is 2.96. The lowest BCUT2D eigenvalue weighted by atomic mass is 9.84. The topological polar surface area (TPSA) is 56.8 Å². The van der Waals surface area contributed by atoms with Crippen LogP contribution in [-0.2, 0) is 10.2 Å². The number of nitrogens with one attached hydrogen (secondary N) is 1. The quantitative estimate of drug-likeness (QED) is 0.715. The Bertz CT molecular complexity index is 801. The van der Waals surface area contributed by atoms with Crippen molar-refractivity contribution in [2.45, 2.75) is 39.0 Å². The van der Waals surface area contributed by atoms with E-state index in [1.54, 1.807) is 0 Å². The van der Waals surface area contributed by atoms with E-state index < -0.39 is 0 Å². The molecule has 3 rings (SSSR count). The van der Waals surface area contributed by atoms with Gasteiger partial charge in [-0.3, -0.25) is 4.79 Å². The van der Waals surface area contributed by atoms with Gasteiger partial charge in [-0.2, -0.15) is 0 Å². The highest BCUT2D eigenvalue weighted by atomic mass is 16.7. The maximum absolute atomic E-state index is 12.2. The van der Waals surface area contributed by atoms with Gasteiger partial charge in [0.1, 0.15) is 5.75 Å². The van der Waals surface area contributed by atoms with Crippen LogP contribution < -0.4 is 19.5 Å². The summed E-state index contributed by atoms with van der Waals surface area (Å²) in [5.74, 6) is 2.42. The first-order chi connectivity index (χ1) is 12.9. The number of ether oxygens (including phenoxy) is 3. The van der Waals surface area contributed by atoms with Crippen LogP contribution in [0.15, 0.2) is 42.5 Å². The summed E-state index contributed by atoms with van der Waals surface area (Å²) in [6, 6.07) is 13.9. The molecular formula is C22H27NO4. The Morgan fingerprint density at radius 3 is 2.78 bits per heavy atom. The molecule has 2 aromatic carbocycles. The minimum absolute atomic E-state index is 0.0386. The van der Waals surface area contributed by atoms with E-state index in [0.29, 0.717) is 26.0 Å². The molecule has 0 radical (unpaired) electrons. The van der Waals surface area contributed by atoms with Crippen LogP contribution in [0.3, 0.4) is 0 Å². The van der Waals surface area contributed by atoms with E-state index in [-0.39, 0.29) is 18.1 Å². The number of hydrogen-bond acceptors (Lipinski definition) is 4. The number of fused-ring (bicyclic) bond motifs is 1. The summed E-state index contributed by atoms with van der Waals surface area (Å²) in [7, 11) is 0. The molecule has 0 aliphatic carbocycles. The fraction of sp³-hybridized carbons (Fsp3) is 0.409. The summed E-state index contributed by atoms with van der Waals surface area (Å²) < 4.78 is 16.5. The van der Waals surface area contributed by atoms with E-state index in [1.165, 1.54) is 0 Å². The zero-order valence-corrected chi connectivity index (χ0v) is 16.2. The molecule has 1 aliphatic rings. The summed E-state index contributed by atoms with van der Waals surface area (Å²) in [6.07, 6.45) is 1.13. The molecule has 1 amide bonds. The Labute approximate surface area is 160 Å². The van der Waals surface area contributed by atoms with Crippen molar-refractivity contribution in [3.63, 3.8) is 0 Å². The van der Waals surface area contributed by atoms with Gasteiger partial charge in [-0.15, -0.1) is 0 Å². The smallest absolute Gasteiger partial charge is 0.231 e. The molecule has 5 heteroatoms. The van der Waals surface area contributed by atoms with Crippen LogP contribution in [0.2, 0.25) is 0 Å². The number of rotatable bonds is 8. The van der Waals surface area contributed by atoms with Gasteiger partial charge in [-0.05, 0) is 48.7 Å². The van der Waals surface area contributed by atoms with Crippen LogP contribution in [0.25, 0.3) is 0 Å². The molecule has 27 heavy (non-hydrogen) atoms. The van der Waals surface area contributed by atoms with Crippen molar-refractivity contribution in [3.8, 4) is 17.2 Å². The second kappa shape index (κ2) is 8.33. The lowest BCUT2D eigenvalue weighted by Gasteiger charge is -2.26. The summed E-state index contributed by atoms with van der Waals surface area (Å²) in [4.78, 5) is 12.2. The largest absolute Gasteiger partial charge is 0.494 e. The molecule has 2 aromatic rings. The monoisotopic (exact) mass is 369 g/mol. The summed E-state index contributed by atoms with van der Waals surface area (Å²) in [6.45, 7) is 7.59. The van der Waals surface area contributed by atoms with Gasteiger partial charge in [0.15, 0.2) is 11.5 Å². The van der Waals surface area contributed by atoms with Crippen LogP contribution in [-0.4, -0.2) is 25.9 Å². The summed E-state index contributed by atoms with van der Waals surface area (Å²) in [5, 5.41) is 3.03. The number of benzene rings is 2. The maximum atomic E-state index is 12.2. The SMILES string of the molecule is Cc1cccc(OCCCC(=O)NCC(C)(C)c2ccc3c(c2)OCO3)c1. The molecule has 1 aliphatic heterocycles. The van der Waals surface area contributed by atoms with E-state index in [0.717, 1.165) is 28.4 Å². The van der Waals surface area contributed by atoms with Gasteiger partial charge in [0.2, 0.25) is 12.7 Å². The molecule has 144 valence electrons. The first-order valence-electron chi connectivity index (χ1n) is 9.30. The predicted octanol–water partition coefficient (Wildman–Crippen LogP) is 3.98. The number of carbonyl (C=O) groups is 1. The van der Waals surface area contributed by atoms with Crippen molar-refractivity contribution in [2.24, 2.45) is 0 Å². The highest BCUT2D eigenvalue weighted by Crippen LogP contribution is 2.36. The number of hydrogen-bond donors (Lipinski definition) is 1. The number of amides is 1. The van der Waals surface area contributed by atoms with E-state index in [1.807, 2.05) is 49.4 Å². The molecule has 0 saturated heterocycles.